The summed E-state index contributed by atoms with van der Waals surface area (Å²) in [4.78, 5) is 18.6. The molecule has 1 aliphatic rings. The average molecular weight is 247 g/mol. The highest BCUT2D eigenvalue weighted by molar-refractivity contribution is 5.94. The summed E-state index contributed by atoms with van der Waals surface area (Å²) in [6.07, 6.45) is 3.90. The molecule has 2 atom stereocenters. The molecule has 2 N–H and O–H groups in total. The fraction of sp³-hybridized carbons (Fsp3) is 0.571. The second kappa shape index (κ2) is 5.48. The average Bonchev–Trinajstić information content (AvgIpc) is 2.37. The molecule has 0 bridgehead atoms. The second-order valence-corrected chi connectivity index (χ2v) is 5.11. The van der Waals surface area contributed by atoms with Gasteiger partial charge in [-0.1, -0.05) is 6.92 Å². The van der Waals surface area contributed by atoms with Gasteiger partial charge in [-0.2, -0.15) is 0 Å². The van der Waals surface area contributed by atoms with Crippen LogP contribution in [0.2, 0.25) is 0 Å². The third-order valence-electron chi connectivity index (χ3n) is 3.76. The maximum absolute atomic E-state index is 12.5. The minimum absolute atomic E-state index is 0.0856. The van der Waals surface area contributed by atoms with Crippen molar-refractivity contribution in [2.45, 2.75) is 32.7 Å². The van der Waals surface area contributed by atoms with Crippen LogP contribution < -0.4 is 5.73 Å². The highest BCUT2D eigenvalue weighted by Gasteiger charge is 2.31. The van der Waals surface area contributed by atoms with Gasteiger partial charge < -0.3 is 10.6 Å². The lowest BCUT2D eigenvalue weighted by molar-refractivity contribution is 0.0532. The number of nitrogens with two attached hydrogens (primary N) is 1. The molecule has 0 aromatic carbocycles. The van der Waals surface area contributed by atoms with Crippen molar-refractivity contribution in [3.8, 4) is 0 Å². The van der Waals surface area contributed by atoms with Crippen LogP contribution in [-0.2, 0) is 0 Å². The van der Waals surface area contributed by atoms with Crippen molar-refractivity contribution in [1.82, 2.24) is 9.88 Å². The number of pyridine rings is 1. The molecule has 1 saturated heterocycles. The van der Waals surface area contributed by atoms with Crippen LogP contribution in [-0.4, -0.2) is 34.9 Å². The maximum atomic E-state index is 12.5. The first-order valence-corrected chi connectivity index (χ1v) is 6.57. The van der Waals surface area contributed by atoms with E-state index in [9.17, 15) is 4.79 Å². The van der Waals surface area contributed by atoms with Crippen molar-refractivity contribution in [3.05, 3.63) is 29.6 Å². The molecule has 0 aliphatic carbocycles. The number of hydrogen-bond donors (Lipinski definition) is 1. The Bertz CT molecular complexity index is 433. The van der Waals surface area contributed by atoms with Crippen LogP contribution in [0.3, 0.4) is 0 Å². The number of aromatic nitrogens is 1. The van der Waals surface area contributed by atoms with Crippen molar-refractivity contribution >= 4 is 5.91 Å². The van der Waals surface area contributed by atoms with Crippen molar-refractivity contribution in [1.29, 1.82) is 0 Å². The summed E-state index contributed by atoms with van der Waals surface area (Å²) in [7, 11) is 0. The molecular formula is C14H21N3O. The molecule has 1 amide bonds. The molecule has 2 heterocycles. The molecule has 4 nitrogen and oxygen atoms in total. The molecule has 18 heavy (non-hydrogen) atoms. The lowest BCUT2D eigenvalue weighted by atomic mass is 9.90. The molecule has 0 radical (unpaired) electrons. The van der Waals surface area contributed by atoms with Crippen molar-refractivity contribution in [2.24, 2.45) is 11.7 Å². The Kier molecular flexibility index (Phi) is 3.97. The number of rotatable bonds is 2. The quantitative estimate of drug-likeness (QED) is 0.863. The fourth-order valence-electron chi connectivity index (χ4n) is 2.71. The third kappa shape index (κ3) is 2.53. The van der Waals surface area contributed by atoms with Crippen molar-refractivity contribution in [2.75, 3.05) is 13.1 Å². The van der Waals surface area contributed by atoms with Gasteiger partial charge in [0.15, 0.2) is 0 Å². The van der Waals surface area contributed by atoms with E-state index < -0.39 is 0 Å². The monoisotopic (exact) mass is 247 g/mol. The highest BCUT2D eigenvalue weighted by Crippen LogP contribution is 2.24. The fourth-order valence-corrected chi connectivity index (χ4v) is 2.71. The van der Waals surface area contributed by atoms with Crippen LogP contribution in [0.25, 0.3) is 0 Å². The van der Waals surface area contributed by atoms with Crippen LogP contribution in [0.4, 0.5) is 0 Å². The minimum Gasteiger partial charge on any atom is -0.334 e. The summed E-state index contributed by atoms with van der Waals surface area (Å²) in [6.45, 7) is 5.42. The van der Waals surface area contributed by atoms with Gasteiger partial charge in [-0.05, 0) is 37.8 Å². The Hall–Kier alpha value is -1.42. The van der Waals surface area contributed by atoms with Gasteiger partial charge in [0.25, 0.3) is 5.91 Å². The van der Waals surface area contributed by atoms with E-state index in [0.29, 0.717) is 12.5 Å². The number of likely N-dealkylation sites (tertiary alicyclic amines) is 1. The van der Waals surface area contributed by atoms with Gasteiger partial charge in [0.2, 0.25) is 0 Å². The third-order valence-corrected chi connectivity index (χ3v) is 3.76. The Morgan fingerprint density at radius 1 is 1.61 bits per heavy atom. The molecule has 1 aromatic rings. The number of piperidine rings is 1. The largest absolute Gasteiger partial charge is 0.334 e. The van der Waals surface area contributed by atoms with E-state index in [1.54, 1.807) is 12.3 Å². The number of nitrogens with zero attached hydrogens (tertiary/aromatic N) is 2. The Labute approximate surface area is 108 Å². The first-order valence-electron chi connectivity index (χ1n) is 6.57. The zero-order chi connectivity index (χ0) is 13.1. The highest BCUT2D eigenvalue weighted by atomic mass is 16.2. The van der Waals surface area contributed by atoms with E-state index in [1.165, 1.54) is 0 Å². The summed E-state index contributed by atoms with van der Waals surface area (Å²) in [5.74, 6) is 0.568. The van der Waals surface area contributed by atoms with Gasteiger partial charge in [-0.3, -0.25) is 9.78 Å². The summed E-state index contributed by atoms with van der Waals surface area (Å²) >= 11 is 0. The van der Waals surface area contributed by atoms with Crippen LogP contribution >= 0.6 is 0 Å². The van der Waals surface area contributed by atoms with E-state index >= 15 is 0 Å². The molecule has 2 rings (SSSR count). The minimum atomic E-state index is 0.0856. The Morgan fingerprint density at radius 2 is 2.39 bits per heavy atom. The molecule has 2 unspecified atom stereocenters. The zero-order valence-corrected chi connectivity index (χ0v) is 11.1. The van der Waals surface area contributed by atoms with E-state index in [0.717, 1.165) is 30.6 Å². The van der Waals surface area contributed by atoms with Gasteiger partial charge in [0.05, 0.1) is 0 Å². The molecule has 1 aliphatic heterocycles. The summed E-state index contributed by atoms with van der Waals surface area (Å²) in [5.41, 5.74) is 7.41. The van der Waals surface area contributed by atoms with Crippen LogP contribution in [0.1, 0.15) is 35.8 Å². The standard InChI is InChI=1S/C14H21N3O/c1-10-4-3-7-17(13(10)9-15)14(18)12-5-6-16-11(2)8-12/h5-6,8,10,13H,3-4,7,9,15H2,1-2H3. The van der Waals surface area contributed by atoms with Crippen LogP contribution in [0.5, 0.6) is 0 Å². The van der Waals surface area contributed by atoms with E-state index in [-0.39, 0.29) is 11.9 Å². The smallest absolute Gasteiger partial charge is 0.254 e. The van der Waals surface area contributed by atoms with Crippen LogP contribution in [0.15, 0.2) is 18.3 Å². The molecule has 4 heteroatoms. The number of amides is 1. The van der Waals surface area contributed by atoms with Crippen LogP contribution in [0, 0.1) is 12.8 Å². The zero-order valence-electron chi connectivity index (χ0n) is 11.1. The SMILES string of the molecule is Cc1cc(C(=O)N2CCCC(C)C2CN)ccn1. The lowest BCUT2D eigenvalue weighted by Gasteiger charge is -2.39. The van der Waals surface area contributed by atoms with E-state index in [1.807, 2.05) is 17.9 Å². The molecule has 0 saturated carbocycles. The molecule has 1 fully saturated rings. The van der Waals surface area contributed by atoms with Gasteiger partial charge >= 0.3 is 0 Å². The first kappa shape index (κ1) is 13.0. The summed E-state index contributed by atoms with van der Waals surface area (Å²) in [5, 5.41) is 0. The lowest BCUT2D eigenvalue weighted by Crippen LogP contribution is -2.51. The first-order chi connectivity index (χ1) is 8.63. The van der Waals surface area contributed by atoms with Crippen molar-refractivity contribution in [3.63, 3.8) is 0 Å². The summed E-state index contributed by atoms with van der Waals surface area (Å²) < 4.78 is 0. The predicted molar refractivity (Wildman–Crippen MR) is 71.3 cm³/mol. The maximum Gasteiger partial charge on any atom is 0.254 e. The molecule has 1 aromatic heterocycles. The number of hydrogen-bond acceptors (Lipinski definition) is 3. The van der Waals surface area contributed by atoms with Gasteiger partial charge in [-0.15, -0.1) is 0 Å². The Balaban J connectivity index is 2.21. The summed E-state index contributed by atoms with van der Waals surface area (Å²) in [6, 6.07) is 3.79. The second-order valence-electron chi connectivity index (χ2n) is 5.11. The van der Waals surface area contributed by atoms with Gasteiger partial charge in [0, 0.05) is 36.6 Å². The van der Waals surface area contributed by atoms with Crippen molar-refractivity contribution < 1.29 is 4.79 Å². The number of aryl methyl sites for hydroxylation is 1. The van der Waals surface area contributed by atoms with Gasteiger partial charge in [-0.25, -0.2) is 0 Å². The predicted octanol–water partition coefficient (Wildman–Crippen LogP) is 1.59. The van der Waals surface area contributed by atoms with E-state index in [4.69, 9.17) is 5.73 Å². The number of carbonyl (C=O) groups excluding carboxylic acids is 1. The number of carbonyl (C=O) groups is 1. The van der Waals surface area contributed by atoms with E-state index in [2.05, 4.69) is 11.9 Å². The molecular weight excluding hydrogens is 226 g/mol. The molecule has 0 spiro atoms. The Morgan fingerprint density at radius 3 is 3.06 bits per heavy atom. The topological polar surface area (TPSA) is 59.2 Å². The normalized spacial score (nSPS) is 24.1. The van der Waals surface area contributed by atoms with Gasteiger partial charge in [0.1, 0.15) is 0 Å². The molecule has 98 valence electrons.